The van der Waals surface area contributed by atoms with Gasteiger partial charge in [0.2, 0.25) is 5.91 Å². The maximum atomic E-state index is 11.9. The molecule has 6 heteroatoms. The van der Waals surface area contributed by atoms with Crippen LogP contribution in [-0.4, -0.2) is 15.0 Å². The highest BCUT2D eigenvalue weighted by atomic mass is 16.2. The second-order valence-electron chi connectivity index (χ2n) is 4.26. The van der Waals surface area contributed by atoms with E-state index in [0.717, 1.165) is 0 Å². The first-order valence-corrected chi connectivity index (χ1v) is 6.26. The molecule has 2 heterocycles. The van der Waals surface area contributed by atoms with E-state index in [0.29, 0.717) is 12.2 Å². The number of aromatic nitrogens is 2. The van der Waals surface area contributed by atoms with Crippen LogP contribution < -0.4 is 16.4 Å². The maximum Gasteiger partial charge on any atom is 0.250 e. The largest absolute Gasteiger partial charge is 0.323 e. The van der Waals surface area contributed by atoms with Gasteiger partial charge < -0.3 is 14.5 Å². The fraction of sp³-hybridized carbons (Fsp3) is 0.214. The summed E-state index contributed by atoms with van der Waals surface area (Å²) in [6.07, 6.45) is 3.13. The molecule has 2 aromatic rings. The Kier molecular flexibility index (Phi) is 4.14. The quantitative estimate of drug-likeness (QED) is 0.889. The molecule has 0 aliphatic heterocycles. The van der Waals surface area contributed by atoms with E-state index >= 15 is 0 Å². The minimum Gasteiger partial charge on any atom is -0.323 e. The number of amides is 1. The molecule has 0 bridgehead atoms. The zero-order valence-corrected chi connectivity index (χ0v) is 11.1. The first-order valence-electron chi connectivity index (χ1n) is 6.26. The van der Waals surface area contributed by atoms with Crippen LogP contribution in [0.15, 0.2) is 52.3 Å². The number of pyridine rings is 2. The van der Waals surface area contributed by atoms with E-state index in [2.05, 4.69) is 5.32 Å². The first kappa shape index (κ1) is 13.8. The van der Waals surface area contributed by atoms with Gasteiger partial charge in [0.05, 0.1) is 5.69 Å². The highest BCUT2D eigenvalue weighted by molar-refractivity contribution is 5.90. The molecule has 0 aliphatic carbocycles. The van der Waals surface area contributed by atoms with Crippen molar-refractivity contribution in [2.45, 2.75) is 20.0 Å². The fourth-order valence-corrected chi connectivity index (χ4v) is 1.80. The molecule has 0 atom stereocenters. The number of carbonyl (C=O) groups is 1. The number of anilines is 1. The summed E-state index contributed by atoms with van der Waals surface area (Å²) in [5.74, 6) is -0.320. The van der Waals surface area contributed by atoms with Crippen LogP contribution in [0.5, 0.6) is 0 Å². The minimum absolute atomic E-state index is 0.0646. The molecule has 0 saturated carbocycles. The summed E-state index contributed by atoms with van der Waals surface area (Å²) in [5, 5.41) is 2.66. The standard InChI is InChI=1S/C14H15N3O3/c1-2-16-9-11(6-7-14(16)20)15-12(18)10-17-8-4-3-5-13(17)19/h3-9H,2,10H2,1H3,(H,15,18). The molecule has 20 heavy (non-hydrogen) atoms. The van der Waals surface area contributed by atoms with E-state index in [4.69, 9.17) is 0 Å². The average Bonchev–Trinajstić information content (AvgIpc) is 2.43. The van der Waals surface area contributed by atoms with Gasteiger partial charge in [-0.05, 0) is 19.1 Å². The molecule has 0 aromatic carbocycles. The van der Waals surface area contributed by atoms with Crippen molar-refractivity contribution in [3.05, 3.63) is 63.4 Å². The summed E-state index contributed by atoms with van der Waals surface area (Å²) in [7, 11) is 0. The maximum absolute atomic E-state index is 11.9. The monoisotopic (exact) mass is 273 g/mol. The third kappa shape index (κ3) is 3.23. The highest BCUT2D eigenvalue weighted by Crippen LogP contribution is 2.03. The van der Waals surface area contributed by atoms with Crippen LogP contribution in [0.1, 0.15) is 6.92 Å². The van der Waals surface area contributed by atoms with Crippen molar-refractivity contribution >= 4 is 11.6 Å². The molecular weight excluding hydrogens is 258 g/mol. The van der Waals surface area contributed by atoms with Crippen molar-refractivity contribution in [2.24, 2.45) is 0 Å². The Morgan fingerprint density at radius 1 is 1.10 bits per heavy atom. The van der Waals surface area contributed by atoms with E-state index in [1.165, 1.54) is 21.3 Å². The van der Waals surface area contributed by atoms with Crippen LogP contribution in [0.25, 0.3) is 0 Å². The fourth-order valence-electron chi connectivity index (χ4n) is 1.80. The van der Waals surface area contributed by atoms with Crippen molar-refractivity contribution in [3.63, 3.8) is 0 Å². The molecule has 104 valence electrons. The van der Waals surface area contributed by atoms with Crippen LogP contribution >= 0.6 is 0 Å². The highest BCUT2D eigenvalue weighted by Gasteiger charge is 2.05. The second kappa shape index (κ2) is 6.01. The Labute approximate surface area is 115 Å². The SMILES string of the molecule is CCn1cc(NC(=O)Cn2ccccc2=O)ccc1=O. The summed E-state index contributed by atoms with van der Waals surface area (Å²) in [6.45, 7) is 2.31. The van der Waals surface area contributed by atoms with Crippen LogP contribution in [0.2, 0.25) is 0 Å². The molecule has 0 spiro atoms. The number of hydrogen-bond acceptors (Lipinski definition) is 3. The van der Waals surface area contributed by atoms with Crippen LogP contribution in [0, 0.1) is 0 Å². The van der Waals surface area contributed by atoms with Gasteiger partial charge in [0, 0.05) is 31.1 Å². The normalized spacial score (nSPS) is 10.2. The molecule has 2 rings (SSSR count). The van der Waals surface area contributed by atoms with Crippen molar-refractivity contribution < 1.29 is 4.79 Å². The van der Waals surface area contributed by atoms with Gasteiger partial charge in [-0.2, -0.15) is 0 Å². The molecule has 0 unspecified atom stereocenters. The van der Waals surface area contributed by atoms with Crippen molar-refractivity contribution in [2.75, 3.05) is 5.32 Å². The number of nitrogens with one attached hydrogen (secondary N) is 1. The Morgan fingerprint density at radius 2 is 1.85 bits per heavy atom. The molecule has 0 radical (unpaired) electrons. The zero-order valence-electron chi connectivity index (χ0n) is 11.1. The molecule has 0 aliphatic rings. The molecule has 1 N–H and O–H groups in total. The minimum atomic E-state index is -0.320. The van der Waals surface area contributed by atoms with E-state index < -0.39 is 0 Å². The van der Waals surface area contributed by atoms with Gasteiger partial charge in [-0.25, -0.2) is 0 Å². The number of rotatable bonds is 4. The number of hydrogen-bond donors (Lipinski definition) is 1. The summed E-state index contributed by atoms with van der Waals surface area (Å²) in [4.78, 5) is 34.8. The van der Waals surface area contributed by atoms with Crippen molar-refractivity contribution in [1.29, 1.82) is 0 Å². The van der Waals surface area contributed by atoms with Crippen LogP contribution in [0.3, 0.4) is 0 Å². The van der Waals surface area contributed by atoms with E-state index in [9.17, 15) is 14.4 Å². The Hall–Kier alpha value is -2.63. The van der Waals surface area contributed by atoms with Gasteiger partial charge in [0.15, 0.2) is 0 Å². The van der Waals surface area contributed by atoms with Gasteiger partial charge in [-0.15, -0.1) is 0 Å². The summed E-state index contributed by atoms with van der Waals surface area (Å²) in [6, 6.07) is 7.64. The van der Waals surface area contributed by atoms with Crippen molar-refractivity contribution in [1.82, 2.24) is 9.13 Å². The van der Waals surface area contributed by atoms with E-state index in [1.807, 2.05) is 6.92 Å². The summed E-state index contributed by atoms with van der Waals surface area (Å²) >= 11 is 0. The summed E-state index contributed by atoms with van der Waals surface area (Å²) < 4.78 is 2.80. The molecule has 0 fully saturated rings. The van der Waals surface area contributed by atoms with Gasteiger partial charge in [0.25, 0.3) is 11.1 Å². The van der Waals surface area contributed by atoms with Gasteiger partial charge in [-0.1, -0.05) is 6.07 Å². The number of carbonyl (C=O) groups excluding carboxylic acids is 1. The Bertz CT molecular complexity index is 731. The molecule has 6 nitrogen and oxygen atoms in total. The Morgan fingerprint density at radius 3 is 2.55 bits per heavy atom. The molecule has 0 saturated heterocycles. The van der Waals surface area contributed by atoms with E-state index in [1.54, 1.807) is 30.6 Å². The van der Waals surface area contributed by atoms with Crippen LogP contribution in [0.4, 0.5) is 5.69 Å². The summed E-state index contributed by atoms with van der Waals surface area (Å²) in [5.41, 5.74) is 0.173. The molecular formula is C14H15N3O3. The average molecular weight is 273 g/mol. The lowest BCUT2D eigenvalue weighted by atomic mass is 10.4. The van der Waals surface area contributed by atoms with E-state index in [-0.39, 0.29) is 23.6 Å². The van der Waals surface area contributed by atoms with Gasteiger partial charge >= 0.3 is 0 Å². The van der Waals surface area contributed by atoms with Gasteiger partial charge in [-0.3, -0.25) is 14.4 Å². The third-order valence-electron chi connectivity index (χ3n) is 2.82. The Balaban J connectivity index is 2.11. The van der Waals surface area contributed by atoms with Crippen molar-refractivity contribution in [3.8, 4) is 0 Å². The lowest BCUT2D eigenvalue weighted by Crippen LogP contribution is -2.27. The molecule has 1 amide bonds. The topological polar surface area (TPSA) is 73.1 Å². The lowest BCUT2D eigenvalue weighted by Gasteiger charge is -2.09. The smallest absolute Gasteiger partial charge is 0.250 e. The predicted molar refractivity (Wildman–Crippen MR) is 75.7 cm³/mol. The number of aryl methyl sites for hydroxylation is 1. The number of nitrogens with zero attached hydrogens (tertiary/aromatic N) is 2. The lowest BCUT2D eigenvalue weighted by molar-refractivity contribution is -0.116. The predicted octanol–water partition coefficient (Wildman–Crippen LogP) is 0.669. The zero-order chi connectivity index (χ0) is 14.5. The first-order chi connectivity index (χ1) is 9.60. The van der Waals surface area contributed by atoms with Crippen LogP contribution in [-0.2, 0) is 17.9 Å². The third-order valence-corrected chi connectivity index (χ3v) is 2.82. The van der Waals surface area contributed by atoms with Gasteiger partial charge in [0.1, 0.15) is 6.54 Å². The second-order valence-corrected chi connectivity index (χ2v) is 4.26. The molecule has 2 aromatic heterocycles.